The van der Waals surface area contributed by atoms with Crippen LogP contribution in [-0.4, -0.2) is 24.1 Å². The maximum atomic E-state index is 11.2. The van der Waals surface area contributed by atoms with E-state index < -0.39 is 0 Å². The van der Waals surface area contributed by atoms with Crippen molar-refractivity contribution in [2.45, 2.75) is 13.2 Å². The van der Waals surface area contributed by atoms with Crippen molar-refractivity contribution in [1.82, 2.24) is 4.90 Å². The number of nitrogens with two attached hydrogens (primary N) is 1. The molecule has 18 heavy (non-hydrogen) atoms. The van der Waals surface area contributed by atoms with Crippen molar-refractivity contribution in [2.75, 3.05) is 7.05 Å². The Labute approximate surface area is 111 Å². The summed E-state index contributed by atoms with van der Waals surface area (Å²) in [7, 11) is 1.87. The molecule has 0 fully saturated rings. The fourth-order valence-electron chi connectivity index (χ4n) is 1.93. The van der Waals surface area contributed by atoms with Crippen molar-refractivity contribution in [3.05, 3.63) is 41.1 Å². The molecule has 2 atom stereocenters. The Kier molecular flexibility index (Phi) is 3.48. The molecule has 0 aromatic heterocycles. The lowest BCUT2D eigenvalue weighted by Crippen LogP contribution is -2.39. The zero-order chi connectivity index (χ0) is 13.3. The summed E-state index contributed by atoms with van der Waals surface area (Å²) in [5, 5.41) is 0.683. The lowest BCUT2D eigenvalue weighted by atomic mass is 10.1. The van der Waals surface area contributed by atoms with Gasteiger partial charge >= 0.3 is 0 Å². The molecule has 0 aliphatic carbocycles. The lowest BCUT2D eigenvalue weighted by molar-refractivity contribution is -0.127. The van der Waals surface area contributed by atoms with Crippen LogP contribution in [0.2, 0.25) is 5.02 Å². The number of halogens is 1. The predicted molar refractivity (Wildman–Crippen MR) is 70.4 cm³/mol. The normalized spacial score (nSPS) is 20.3. The van der Waals surface area contributed by atoms with Crippen LogP contribution < -0.4 is 5.73 Å². The van der Waals surface area contributed by atoms with Gasteiger partial charge in [0.05, 0.1) is 11.6 Å². The van der Waals surface area contributed by atoms with Crippen molar-refractivity contribution < 1.29 is 9.53 Å². The number of benzene rings is 1. The number of hydrogen-bond acceptors (Lipinski definition) is 3. The quantitative estimate of drug-likeness (QED) is 0.911. The van der Waals surface area contributed by atoms with Gasteiger partial charge in [0, 0.05) is 17.6 Å². The molecule has 0 saturated heterocycles. The molecule has 1 aromatic rings. The highest BCUT2D eigenvalue weighted by atomic mass is 35.5. The van der Waals surface area contributed by atoms with E-state index in [1.807, 2.05) is 36.2 Å². The summed E-state index contributed by atoms with van der Waals surface area (Å²) < 4.78 is 5.52. The van der Waals surface area contributed by atoms with Gasteiger partial charge in [-0.1, -0.05) is 23.7 Å². The molecule has 2 unspecified atom stereocenters. The highest BCUT2D eigenvalue weighted by Crippen LogP contribution is 2.30. The maximum Gasteiger partial charge on any atom is 0.225 e. The molecule has 96 valence electrons. The molecule has 1 amide bonds. The summed E-state index contributed by atoms with van der Waals surface area (Å²) in [5.74, 6) is -0.756. The molecule has 1 aromatic carbocycles. The van der Waals surface area contributed by atoms with Gasteiger partial charge in [-0.25, -0.2) is 0 Å². The van der Waals surface area contributed by atoms with Crippen molar-refractivity contribution in [2.24, 2.45) is 11.7 Å². The SMILES string of the molecule is CC(C(N)=O)C1OC=C(c2ccc(Cl)cc2)N1C. The van der Waals surface area contributed by atoms with E-state index >= 15 is 0 Å². The minimum atomic E-state index is -0.379. The third-order valence-electron chi connectivity index (χ3n) is 3.10. The van der Waals surface area contributed by atoms with Crippen LogP contribution in [0.25, 0.3) is 5.70 Å². The van der Waals surface area contributed by atoms with Crippen LogP contribution in [0.15, 0.2) is 30.5 Å². The first-order valence-electron chi connectivity index (χ1n) is 5.64. The minimum Gasteiger partial charge on any atom is -0.475 e. The molecule has 1 heterocycles. The molecular formula is C13H15ClN2O2. The zero-order valence-corrected chi connectivity index (χ0v) is 11.0. The van der Waals surface area contributed by atoms with Crippen LogP contribution in [0.5, 0.6) is 0 Å². The van der Waals surface area contributed by atoms with Gasteiger partial charge in [-0.05, 0) is 19.1 Å². The average molecular weight is 267 g/mol. The number of rotatable bonds is 3. The molecule has 0 radical (unpaired) electrons. The molecule has 0 bridgehead atoms. The summed E-state index contributed by atoms with van der Waals surface area (Å²) in [6.07, 6.45) is 1.29. The Morgan fingerprint density at radius 1 is 1.44 bits per heavy atom. The third-order valence-corrected chi connectivity index (χ3v) is 3.35. The minimum absolute atomic E-state index is 0.354. The molecule has 2 rings (SSSR count). The second-order valence-corrected chi connectivity index (χ2v) is 4.78. The van der Waals surface area contributed by atoms with E-state index in [1.54, 1.807) is 13.2 Å². The fourth-order valence-corrected chi connectivity index (χ4v) is 2.06. The summed E-state index contributed by atoms with van der Waals surface area (Å²) in [4.78, 5) is 13.1. The molecule has 2 N–H and O–H groups in total. The van der Waals surface area contributed by atoms with E-state index in [2.05, 4.69) is 0 Å². The van der Waals surface area contributed by atoms with E-state index in [1.165, 1.54) is 0 Å². The Balaban J connectivity index is 2.18. The summed E-state index contributed by atoms with van der Waals surface area (Å²) in [5.41, 5.74) is 7.19. The van der Waals surface area contributed by atoms with Gasteiger partial charge in [-0.2, -0.15) is 0 Å². The highest BCUT2D eigenvalue weighted by molar-refractivity contribution is 6.30. The van der Waals surface area contributed by atoms with E-state index in [4.69, 9.17) is 22.1 Å². The molecule has 5 heteroatoms. The van der Waals surface area contributed by atoms with Crippen molar-refractivity contribution >= 4 is 23.2 Å². The second kappa shape index (κ2) is 4.90. The Bertz CT molecular complexity index is 484. The predicted octanol–water partition coefficient (Wildman–Crippen LogP) is 2.05. The highest BCUT2D eigenvalue weighted by Gasteiger charge is 2.32. The topological polar surface area (TPSA) is 55.6 Å². The number of nitrogens with zero attached hydrogens (tertiary/aromatic N) is 1. The Morgan fingerprint density at radius 2 is 2.06 bits per heavy atom. The number of amides is 1. The molecule has 0 spiro atoms. The number of hydrogen-bond donors (Lipinski definition) is 1. The van der Waals surface area contributed by atoms with Crippen LogP contribution in [0, 0.1) is 5.92 Å². The molecule has 0 saturated carbocycles. The van der Waals surface area contributed by atoms with Crippen LogP contribution in [0.3, 0.4) is 0 Å². The molecule has 1 aliphatic heterocycles. The fraction of sp³-hybridized carbons (Fsp3) is 0.308. The lowest BCUT2D eigenvalue weighted by Gasteiger charge is -2.26. The average Bonchev–Trinajstić information content (AvgIpc) is 2.71. The standard InChI is InChI=1S/C13H15ClN2O2/c1-8(12(15)17)13-16(2)11(7-18-13)9-3-5-10(14)6-4-9/h3-8,13H,1-2H3,(H2,15,17). The van der Waals surface area contributed by atoms with Crippen LogP contribution in [-0.2, 0) is 9.53 Å². The van der Waals surface area contributed by atoms with Crippen LogP contribution >= 0.6 is 11.6 Å². The summed E-state index contributed by atoms with van der Waals surface area (Å²) in [6, 6.07) is 7.45. The third kappa shape index (κ3) is 2.29. The first kappa shape index (κ1) is 12.8. The van der Waals surface area contributed by atoms with E-state index in [9.17, 15) is 4.79 Å². The maximum absolute atomic E-state index is 11.2. The number of ether oxygens (including phenoxy) is 1. The molecule has 4 nitrogen and oxygen atoms in total. The monoisotopic (exact) mass is 266 g/mol. The summed E-state index contributed by atoms with van der Waals surface area (Å²) in [6.45, 7) is 1.75. The van der Waals surface area contributed by atoms with Gasteiger partial charge in [0.25, 0.3) is 0 Å². The first-order valence-corrected chi connectivity index (χ1v) is 6.02. The largest absolute Gasteiger partial charge is 0.475 e. The van der Waals surface area contributed by atoms with Gasteiger partial charge in [0.1, 0.15) is 6.26 Å². The van der Waals surface area contributed by atoms with Gasteiger partial charge in [0.15, 0.2) is 6.23 Å². The van der Waals surface area contributed by atoms with Crippen LogP contribution in [0.4, 0.5) is 0 Å². The smallest absolute Gasteiger partial charge is 0.225 e. The van der Waals surface area contributed by atoms with E-state index in [0.717, 1.165) is 11.3 Å². The number of primary amides is 1. The van der Waals surface area contributed by atoms with Crippen molar-refractivity contribution in [3.8, 4) is 0 Å². The molecule has 1 aliphatic rings. The van der Waals surface area contributed by atoms with Gasteiger partial charge in [-0.15, -0.1) is 0 Å². The van der Waals surface area contributed by atoms with Crippen molar-refractivity contribution in [3.63, 3.8) is 0 Å². The second-order valence-electron chi connectivity index (χ2n) is 4.34. The molecular weight excluding hydrogens is 252 g/mol. The zero-order valence-electron chi connectivity index (χ0n) is 10.3. The van der Waals surface area contributed by atoms with E-state index in [-0.39, 0.29) is 18.1 Å². The van der Waals surface area contributed by atoms with Gasteiger partial charge < -0.3 is 15.4 Å². The number of carbonyl (C=O) groups excluding carboxylic acids is 1. The van der Waals surface area contributed by atoms with Gasteiger partial charge in [-0.3, -0.25) is 4.79 Å². The Hall–Kier alpha value is -1.68. The van der Waals surface area contributed by atoms with Crippen molar-refractivity contribution in [1.29, 1.82) is 0 Å². The summed E-state index contributed by atoms with van der Waals surface area (Å²) >= 11 is 5.85. The van der Waals surface area contributed by atoms with Crippen LogP contribution in [0.1, 0.15) is 12.5 Å². The Morgan fingerprint density at radius 3 is 2.61 bits per heavy atom. The van der Waals surface area contributed by atoms with E-state index in [0.29, 0.717) is 5.02 Å². The number of carbonyl (C=O) groups is 1. The van der Waals surface area contributed by atoms with Gasteiger partial charge in [0.2, 0.25) is 5.91 Å². The first-order chi connectivity index (χ1) is 8.50.